The number of hydrogen-bond acceptors (Lipinski definition) is 4. The van der Waals surface area contributed by atoms with Crippen LogP contribution in [0.4, 0.5) is 4.39 Å². The quantitative estimate of drug-likeness (QED) is 0.576. The molecule has 0 saturated carbocycles. The van der Waals surface area contributed by atoms with E-state index in [-0.39, 0.29) is 36.2 Å². The van der Waals surface area contributed by atoms with Crippen LogP contribution >= 0.6 is 11.6 Å². The average Bonchev–Trinajstić information content (AvgIpc) is 3.31. The van der Waals surface area contributed by atoms with Crippen LogP contribution in [0.15, 0.2) is 54.9 Å². The molecule has 1 aromatic heterocycles. The van der Waals surface area contributed by atoms with Crippen molar-refractivity contribution in [2.45, 2.75) is 38.6 Å². The minimum atomic E-state index is -0.323. The van der Waals surface area contributed by atoms with Gasteiger partial charge in [-0.05, 0) is 48.2 Å². The highest BCUT2D eigenvalue weighted by Crippen LogP contribution is 2.29. The molecule has 1 atom stereocenters. The molecule has 2 aliphatic heterocycles. The molecule has 5 rings (SSSR count). The van der Waals surface area contributed by atoms with Gasteiger partial charge in [-0.3, -0.25) is 9.59 Å². The van der Waals surface area contributed by atoms with Crippen molar-refractivity contribution in [2.75, 3.05) is 13.1 Å². The SMILES string of the molecule is O=C(NCc1cccc(F)c1)C1CCN(C(=O)c2ncn3c2CO[C@H](c2ccc(Cl)cc2)C3)CC1. The maximum atomic E-state index is 13.3. The van der Waals surface area contributed by atoms with Crippen molar-refractivity contribution in [3.63, 3.8) is 0 Å². The zero-order valence-electron chi connectivity index (χ0n) is 19.1. The fourth-order valence-electron chi connectivity index (χ4n) is 4.66. The first-order valence-corrected chi connectivity index (χ1v) is 12.1. The Balaban J connectivity index is 1.15. The van der Waals surface area contributed by atoms with E-state index in [2.05, 4.69) is 10.3 Å². The summed E-state index contributed by atoms with van der Waals surface area (Å²) >= 11 is 5.98. The van der Waals surface area contributed by atoms with Crippen molar-refractivity contribution in [1.82, 2.24) is 19.8 Å². The molecule has 2 aromatic carbocycles. The average molecular weight is 497 g/mol. The third-order valence-corrected chi connectivity index (χ3v) is 6.94. The fourth-order valence-corrected chi connectivity index (χ4v) is 4.79. The number of carbonyl (C=O) groups excluding carboxylic acids is 2. The highest BCUT2D eigenvalue weighted by atomic mass is 35.5. The number of likely N-dealkylation sites (tertiary alicyclic amines) is 1. The number of benzene rings is 2. The zero-order chi connectivity index (χ0) is 24.4. The molecule has 0 bridgehead atoms. The van der Waals surface area contributed by atoms with Crippen molar-refractivity contribution in [1.29, 1.82) is 0 Å². The van der Waals surface area contributed by atoms with Crippen LogP contribution in [0.2, 0.25) is 5.02 Å². The first-order valence-electron chi connectivity index (χ1n) is 11.7. The van der Waals surface area contributed by atoms with E-state index in [0.29, 0.717) is 49.8 Å². The van der Waals surface area contributed by atoms with Crippen molar-refractivity contribution in [3.05, 3.63) is 88.2 Å². The third kappa shape index (κ3) is 5.23. The Kier molecular flexibility index (Phi) is 6.83. The minimum Gasteiger partial charge on any atom is -0.365 e. The molecule has 1 N–H and O–H groups in total. The molecule has 0 radical (unpaired) electrons. The van der Waals surface area contributed by atoms with Crippen LogP contribution in [0.3, 0.4) is 0 Å². The Morgan fingerprint density at radius 1 is 1.14 bits per heavy atom. The van der Waals surface area contributed by atoms with E-state index in [1.165, 1.54) is 12.1 Å². The summed E-state index contributed by atoms with van der Waals surface area (Å²) < 4.78 is 21.3. The number of aromatic nitrogens is 2. The minimum absolute atomic E-state index is 0.0672. The molecule has 2 aliphatic rings. The van der Waals surface area contributed by atoms with Crippen LogP contribution in [0.25, 0.3) is 0 Å². The monoisotopic (exact) mass is 496 g/mol. The number of rotatable bonds is 5. The van der Waals surface area contributed by atoms with Crippen molar-refractivity contribution < 1.29 is 18.7 Å². The molecule has 35 heavy (non-hydrogen) atoms. The lowest BCUT2D eigenvalue weighted by Crippen LogP contribution is -2.43. The first kappa shape index (κ1) is 23.5. The van der Waals surface area contributed by atoms with Crippen LogP contribution in [0.1, 0.15) is 46.3 Å². The Hall–Kier alpha value is -3.23. The fraction of sp³-hybridized carbons (Fsp3) is 0.346. The normalized spacial score (nSPS) is 18.2. The second-order valence-corrected chi connectivity index (χ2v) is 9.39. The van der Waals surface area contributed by atoms with Gasteiger partial charge >= 0.3 is 0 Å². The lowest BCUT2D eigenvalue weighted by Gasteiger charge is -2.31. The molecule has 7 nitrogen and oxygen atoms in total. The Labute approximate surface area is 207 Å². The van der Waals surface area contributed by atoms with Gasteiger partial charge in [-0.15, -0.1) is 0 Å². The van der Waals surface area contributed by atoms with Gasteiger partial charge in [0.1, 0.15) is 11.9 Å². The Bertz CT molecular complexity index is 1220. The molecule has 0 aliphatic carbocycles. The zero-order valence-corrected chi connectivity index (χ0v) is 19.9. The molecule has 0 spiro atoms. The summed E-state index contributed by atoms with van der Waals surface area (Å²) in [5.74, 6) is -0.698. The predicted molar refractivity (Wildman–Crippen MR) is 128 cm³/mol. The molecule has 1 fully saturated rings. The number of hydrogen-bond donors (Lipinski definition) is 1. The van der Waals surface area contributed by atoms with Crippen LogP contribution in [0, 0.1) is 11.7 Å². The van der Waals surface area contributed by atoms with E-state index in [0.717, 1.165) is 16.8 Å². The summed E-state index contributed by atoms with van der Waals surface area (Å²) in [6, 6.07) is 13.7. The van der Waals surface area contributed by atoms with Crippen molar-refractivity contribution in [3.8, 4) is 0 Å². The largest absolute Gasteiger partial charge is 0.365 e. The third-order valence-electron chi connectivity index (χ3n) is 6.68. The van der Waals surface area contributed by atoms with Gasteiger partial charge in [-0.2, -0.15) is 0 Å². The summed E-state index contributed by atoms with van der Waals surface area (Å²) in [5.41, 5.74) is 2.93. The van der Waals surface area contributed by atoms with Gasteiger partial charge in [0.15, 0.2) is 5.69 Å². The molecule has 1 saturated heterocycles. The number of ether oxygens (including phenoxy) is 1. The molecule has 182 valence electrons. The number of nitrogens with one attached hydrogen (secondary N) is 1. The maximum absolute atomic E-state index is 13.3. The second-order valence-electron chi connectivity index (χ2n) is 8.96. The van der Waals surface area contributed by atoms with E-state index in [9.17, 15) is 14.0 Å². The van der Waals surface area contributed by atoms with Gasteiger partial charge in [0, 0.05) is 30.6 Å². The highest BCUT2D eigenvalue weighted by Gasteiger charge is 2.32. The molecule has 3 heterocycles. The van der Waals surface area contributed by atoms with Crippen LogP contribution in [-0.2, 0) is 29.2 Å². The predicted octanol–water partition coefficient (Wildman–Crippen LogP) is 4.12. The number of halogens is 2. The van der Waals surface area contributed by atoms with Crippen molar-refractivity contribution >= 4 is 23.4 Å². The summed E-state index contributed by atoms with van der Waals surface area (Å²) in [5, 5.41) is 3.56. The maximum Gasteiger partial charge on any atom is 0.274 e. The summed E-state index contributed by atoms with van der Waals surface area (Å²) in [4.78, 5) is 31.9. The summed E-state index contributed by atoms with van der Waals surface area (Å²) in [6.45, 7) is 2.13. The lowest BCUT2D eigenvalue weighted by molar-refractivity contribution is -0.126. The lowest BCUT2D eigenvalue weighted by atomic mass is 9.95. The van der Waals surface area contributed by atoms with E-state index in [4.69, 9.17) is 16.3 Å². The van der Waals surface area contributed by atoms with Gasteiger partial charge in [0.25, 0.3) is 5.91 Å². The number of fused-ring (bicyclic) bond motifs is 1. The standard InChI is InChI=1S/C26H26ClFN4O3/c27-20-6-4-18(5-7-20)23-14-32-16-30-24(22(32)15-35-23)26(34)31-10-8-19(9-11-31)25(33)29-13-17-2-1-3-21(28)12-17/h1-7,12,16,19,23H,8-11,13-15H2,(H,29,33)/t23-/m0/s1. The van der Waals surface area contributed by atoms with Crippen LogP contribution in [-0.4, -0.2) is 39.4 Å². The Morgan fingerprint density at radius 3 is 2.66 bits per heavy atom. The number of piperidine rings is 1. The molecular weight excluding hydrogens is 471 g/mol. The summed E-state index contributed by atoms with van der Waals surface area (Å²) in [6.07, 6.45) is 2.72. The Morgan fingerprint density at radius 2 is 1.91 bits per heavy atom. The van der Waals surface area contributed by atoms with Gasteiger partial charge in [0.05, 0.1) is 25.2 Å². The number of amides is 2. The number of imidazole rings is 1. The summed E-state index contributed by atoms with van der Waals surface area (Å²) in [7, 11) is 0. The van der Waals surface area contributed by atoms with Crippen LogP contribution < -0.4 is 5.32 Å². The second kappa shape index (κ2) is 10.2. The molecule has 3 aromatic rings. The number of nitrogens with zero attached hydrogens (tertiary/aromatic N) is 3. The molecular formula is C26H26ClFN4O3. The first-order chi connectivity index (χ1) is 17.0. The van der Waals surface area contributed by atoms with Gasteiger partial charge < -0.3 is 19.5 Å². The van der Waals surface area contributed by atoms with Crippen molar-refractivity contribution in [2.24, 2.45) is 5.92 Å². The molecule has 0 unspecified atom stereocenters. The van der Waals surface area contributed by atoms with Gasteiger partial charge in [-0.25, -0.2) is 9.37 Å². The number of carbonyl (C=O) groups is 2. The highest BCUT2D eigenvalue weighted by molar-refractivity contribution is 6.30. The molecule has 2 amide bonds. The van der Waals surface area contributed by atoms with E-state index >= 15 is 0 Å². The molecule has 9 heteroatoms. The van der Waals surface area contributed by atoms with Gasteiger partial charge in [-0.1, -0.05) is 35.9 Å². The van der Waals surface area contributed by atoms with Gasteiger partial charge in [0.2, 0.25) is 5.91 Å². The smallest absolute Gasteiger partial charge is 0.274 e. The van der Waals surface area contributed by atoms with E-state index in [1.54, 1.807) is 23.4 Å². The van der Waals surface area contributed by atoms with E-state index in [1.807, 2.05) is 28.8 Å². The van der Waals surface area contributed by atoms with E-state index < -0.39 is 0 Å². The topological polar surface area (TPSA) is 76.5 Å². The van der Waals surface area contributed by atoms with Crippen LogP contribution in [0.5, 0.6) is 0 Å².